The zero-order chi connectivity index (χ0) is 20.4. The van der Waals surface area contributed by atoms with E-state index in [2.05, 4.69) is 11.6 Å². The second kappa shape index (κ2) is 7.69. The van der Waals surface area contributed by atoms with E-state index in [1.165, 1.54) is 16.7 Å². The molecule has 0 amide bonds. The third kappa shape index (κ3) is 3.93. The monoisotopic (exact) mass is 406 g/mol. The topological polar surface area (TPSA) is 77.2 Å². The van der Waals surface area contributed by atoms with E-state index in [9.17, 15) is 9.59 Å². The van der Waals surface area contributed by atoms with Gasteiger partial charge in [0.25, 0.3) is 11.1 Å². The maximum atomic E-state index is 13.0. The molecule has 0 aliphatic rings. The Hall–Kier alpha value is -3.77. The summed E-state index contributed by atoms with van der Waals surface area (Å²) < 4.78 is 12.3. The van der Waals surface area contributed by atoms with Crippen LogP contribution >= 0.6 is 11.6 Å². The van der Waals surface area contributed by atoms with Gasteiger partial charge in [-0.25, -0.2) is 0 Å². The number of benzene rings is 2. The zero-order valence-corrected chi connectivity index (χ0v) is 15.8. The van der Waals surface area contributed by atoms with Crippen LogP contribution in [0.1, 0.15) is 5.76 Å². The third-order valence-electron chi connectivity index (χ3n) is 4.16. The minimum atomic E-state index is -0.562. The van der Waals surface area contributed by atoms with Gasteiger partial charge in [-0.2, -0.15) is 0 Å². The van der Waals surface area contributed by atoms with Crippen molar-refractivity contribution >= 4 is 24.3 Å². The summed E-state index contributed by atoms with van der Waals surface area (Å²) in [5.41, 5.74) is -0.397. The van der Waals surface area contributed by atoms with Crippen LogP contribution in [0.15, 0.2) is 80.7 Å². The van der Waals surface area contributed by atoms with Crippen molar-refractivity contribution < 1.29 is 9.15 Å². The summed E-state index contributed by atoms with van der Waals surface area (Å²) in [6.45, 7) is 3.78. The van der Waals surface area contributed by atoms with Gasteiger partial charge in [0.1, 0.15) is 28.0 Å². The molecule has 2 aromatic carbocycles. The average Bonchev–Trinajstić information content (AvgIpc) is 3.12. The van der Waals surface area contributed by atoms with Gasteiger partial charge in [-0.05, 0) is 66.2 Å². The molecule has 0 unspecified atom stereocenters. The number of hydrogen-bond donors (Lipinski definition) is 1. The molecule has 0 aliphatic carbocycles. The number of nitrogens with one attached hydrogen (secondary N) is 1. The summed E-state index contributed by atoms with van der Waals surface area (Å²) in [6.07, 6.45) is 1.34. The first-order valence-electron chi connectivity index (χ1n) is 8.66. The Bertz CT molecular complexity index is 1380. The molecule has 29 heavy (non-hydrogen) atoms. The number of nitrogens with zero attached hydrogens (tertiary/aromatic N) is 1. The van der Waals surface area contributed by atoms with Crippen molar-refractivity contribution in [2.24, 2.45) is 0 Å². The molecule has 0 spiro atoms. The normalized spacial score (nSPS) is 11.6. The highest BCUT2D eigenvalue weighted by Crippen LogP contribution is 2.21. The lowest BCUT2D eigenvalue weighted by Gasteiger charge is -2.09. The molecule has 144 valence electrons. The van der Waals surface area contributed by atoms with Crippen LogP contribution in [0.3, 0.4) is 0 Å². The molecule has 4 aromatic rings. The van der Waals surface area contributed by atoms with E-state index in [4.69, 9.17) is 20.8 Å². The second-order valence-electron chi connectivity index (χ2n) is 6.15. The van der Waals surface area contributed by atoms with Gasteiger partial charge in [-0.15, -0.1) is 0 Å². The first-order valence-corrected chi connectivity index (χ1v) is 9.04. The van der Waals surface area contributed by atoms with E-state index < -0.39 is 11.1 Å². The Morgan fingerprint density at radius 3 is 2.31 bits per heavy atom. The fourth-order valence-electron chi connectivity index (χ4n) is 2.83. The molecule has 0 saturated heterocycles. The Kier molecular flexibility index (Phi) is 4.93. The highest BCUT2D eigenvalue weighted by Gasteiger charge is 2.08. The van der Waals surface area contributed by atoms with E-state index in [0.717, 1.165) is 0 Å². The minimum absolute atomic E-state index is 0.0898. The largest absolute Gasteiger partial charge is 0.457 e. The van der Waals surface area contributed by atoms with Gasteiger partial charge in [0.05, 0.1) is 5.69 Å². The van der Waals surface area contributed by atoms with Crippen LogP contribution in [0.2, 0.25) is 5.22 Å². The number of aromatic nitrogens is 2. The van der Waals surface area contributed by atoms with Gasteiger partial charge in [-0.3, -0.25) is 14.2 Å². The van der Waals surface area contributed by atoms with E-state index in [-0.39, 0.29) is 15.9 Å². The number of para-hydroxylation sites is 1. The minimum Gasteiger partial charge on any atom is -0.457 e. The van der Waals surface area contributed by atoms with Gasteiger partial charge >= 0.3 is 0 Å². The predicted octanol–water partition coefficient (Wildman–Crippen LogP) is 2.80. The smallest absolute Gasteiger partial charge is 0.269 e. The van der Waals surface area contributed by atoms with Crippen LogP contribution < -0.4 is 26.6 Å². The standard InChI is InChI=1S/C22H15ClN2O4/c1-14-24-21(26)19(13-18-11-12-20(23)29-18)22(27)25(14)15-7-9-17(10-8-15)28-16-5-3-2-4-6-16/h2-13H,1H2,(H,24,26)/b19-13+. The average molecular weight is 407 g/mol. The van der Waals surface area contributed by atoms with Gasteiger partial charge in [0.2, 0.25) is 0 Å². The van der Waals surface area contributed by atoms with Crippen molar-refractivity contribution in [2.75, 3.05) is 0 Å². The second-order valence-corrected chi connectivity index (χ2v) is 6.52. The van der Waals surface area contributed by atoms with Crippen molar-refractivity contribution in [3.05, 3.63) is 109 Å². The molecule has 0 fully saturated rings. The molecule has 6 nitrogen and oxygen atoms in total. The fourth-order valence-corrected chi connectivity index (χ4v) is 2.98. The summed E-state index contributed by atoms with van der Waals surface area (Å²) in [6, 6.07) is 19.3. The zero-order valence-electron chi connectivity index (χ0n) is 15.1. The Labute approximate surface area is 169 Å². The molecule has 0 aliphatic heterocycles. The molecular formula is C22H15ClN2O4. The fraction of sp³-hybridized carbons (Fsp3) is 0. The molecule has 0 saturated carbocycles. The summed E-state index contributed by atoms with van der Waals surface area (Å²) in [5.74, 6) is 1.61. The lowest BCUT2D eigenvalue weighted by Crippen LogP contribution is -2.52. The summed E-state index contributed by atoms with van der Waals surface area (Å²) >= 11 is 5.75. The van der Waals surface area contributed by atoms with Crippen LogP contribution in [-0.4, -0.2) is 9.55 Å². The van der Waals surface area contributed by atoms with E-state index in [1.807, 2.05) is 30.3 Å². The van der Waals surface area contributed by atoms with E-state index in [0.29, 0.717) is 22.9 Å². The SMILES string of the molecule is C=c1[nH]c(=O)/c(=C\c2ccc(Cl)o2)c(=O)n1-c1ccc(Oc2ccccc2)cc1. The number of rotatable bonds is 4. The molecule has 7 heteroatoms. The van der Waals surface area contributed by atoms with Crippen LogP contribution in [0.4, 0.5) is 0 Å². The van der Waals surface area contributed by atoms with Gasteiger partial charge in [0, 0.05) is 0 Å². The summed E-state index contributed by atoms with van der Waals surface area (Å²) in [5, 5.41) is 0.0730. The lowest BCUT2D eigenvalue weighted by molar-refractivity contribution is 0.482. The van der Waals surface area contributed by atoms with Crippen molar-refractivity contribution in [3.63, 3.8) is 0 Å². The highest BCUT2D eigenvalue weighted by molar-refractivity contribution is 6.28. The van der Waals surface area contributed by atoms with Gasteiger partial charge < -0.3 is 14.1 Å². The molecule has 1 N–H and O–H groups in total. The Balaban J connectivity index is 1.76. The van der Waals surface area contributed by atoms with Crippen LogP contribution in [0.5, 0.6) is 11.5 Å². The quantitative estimate of drug-likeness (QED) is 0.565. The van der Waals surface area contributed by atoms with E-state index >= 15 is 0 Å². The van der Waals surface area contributed by atoms with Crippen molar-refractivity contribution in [2.45, 2.75) is 0 Å². The number of H-pyrrole nitrogens is 1. The maximum Gasteiger partial charge on any atom is 0.269 e. The Morgan fingerprint density at radius 1 is 0.966 bits per heavy atom. The number of hydrogen-bond acceptors (Lipinski definition) is 4. The number of halogens is 1. The summed E-state index contributed by atoms with van der Waals surface area (Å²) in [7, 11) is 0. The number of ether oxygens (including phenoxy) is 1. The third-order valence-corrected chi connectivity index (χ3v) is 4.36. The van der Waals surface area contributed by atoms with Crippen LogP contribution in [-0.2, 0) is 0 Å². The molecule has 0 bridgehead atoms. The van der Waals surface area contributed by atoms with Gasteiger partial charge in [0.15, 0.2) is 5.22 Å². The van der Waals surface area contributed by atoms with Crippen LogP contribution in [0, 0.1) is 0 Å². The van der Waals surface area contributed by atoms with Crippen molar-refractivity contribution in [3.8, 4) is 17.2 Å². The molecule has 2 heterocycles. The molecule has 0 radical (unpaired) electrons. The van der Waals surface area contributed by atoms with Crippen LogP contribution in [0.25, 0.3) is 18.3 Å². The lowest BCUT2D eigenvalue weighted by atomic mass is 10.2. The number of aromatic amines is 1. The van der Waals surface area contributed by atoms with Gasteiger partial charge in [-0.1, -0.05) is 24.8 Å². The first kappa shape index (κ1) is 18.6. The maximum absolute atomic E-state index is 13.0. The molecule has 0 atom stereocenters. The van der Waals surface area contributed by atoms with E-state index in [1.54, 1.807) is 30.3 Å². The van der Waals surface area contributed by atoms with Crippen molar-refractivity contribution in [1.82, 2.24) is 9.55 Å². The number of furan rings is 1. The highest BCUT2D eigenvalue weighted by atomic mass is 35.5. The summed E-state index contributed by atoms with van der Waals surface area (Å²) in [4.78, 5) is 27.8. The molecular weight excluding hydrogens is 392 g/mol. The first-order chi connectivity index (χ1) is 14.0. The predicted molar refractivity (Wildman–Crippen MR) is 111 cm³/mol. The Morgan fingerprint density at radius 2 is 1.66 bits per heavy atom. The molecule has 4 rings (SSSR count). The molecule has 2 aromatic heterocycles. The van der Waals surface area contributed by atoms with Crippen molar-refractivity contribution in [1.29, 1.82) is 0 Å².